The smallest absolute Gasteiger partial charge is 0.235 e. The molecular weight excluding hydrogens is 385 g/mol. The van der Waals surface area contributed by atoms with Crippen molar-refractivity contribution < 1.29 is 13.9 Å². The van der Waals surface area contributed by atoms with Crippen molar-refractivity contribution in [1.29, 1.82) is 0 Å². The number of nitrogens with one attached hydrogen (secondary N) is 2. The van der Waals surface area contributed by atoms with Gasteiger partial charge >= 0.3 is 0 Å². The van der Waals surface area contributed by atoms with Crippen LogP contribution in [0.1, 0.15) is 26.3 Å². The van der Waals surface area contributed by atoms with Crippen LogP contribution in [0.25, 0.3) is 22.2 Å². The van der Waals surface area contributed by atoms with Crippen LogP contribution in [0, 0.1) is 5.82 Å². The summed E-state index contributed by atoms with van der Waals surface area (Å²) in [6.45, 7) is 8.35. The lowest BCUT2D eigenvalue weighted by Crippen LogP contribution is -2.54. The molecule has 8 heteroatoms. The van der Waals surface area contributed by atoms with Crippen molar-refractivity contribution in [1.82, 2.24) is 20.1 Å². The Morgan fingerprint density at radius 1 is 1.27 bits per heavy atom. The van der Waals surface area contributed by atoms with Gasteiger partial charge in [-0.3, -0.25) is 9.48 Å². The Bertz CT molecular complexity index is 1160. The maximum atomic E-state index is 14.2. The molecule has 156 valence electrons. The maximum Gasteiger partial charge on any atom is 0.235 e. The minimum absolute atomic E-state index is 0.0942. The fraction of sp³-hybridized carbons (Fsp3) is 0.409. The van der Waals surface area contributed by atoms with Crippen molar-refractivity contribution in [3.8, 4) is 11.3 Å². The number of pyridine rings is 1. The number of carbonyl (C=O) groups is 1. The molecule has 0 saturated carbocycles. The van der Waals surface area contributed by atoms with Crippen LogP contribution in [-0.2, 0) is 21.5 Å². The lowest BCUT2D eigenvalue weighted by atomic mass is 9.83. The number of hydrogen-bond donors (Lipinski definition) is 2. The Morgan fingerprint density at radius 2 is 2.10 bits per heavy atom. The van der Waals surface area contributed by atoms with Crippen LogP contribution in [0.15, 0.2) is 30.5 Å². The first-order valence-electron chi connectivity index (χ1n) is 10.1. The quantitative estimate of drug-likeness (QED) is 0.695. The van der Waals surface area contributed by atoms with E-state index in [0.29, 0.717) is 36.8 Å². The minimum Gasteiger partial charge on any atom is -0.378 e. The first kappa shape index (κ1) is 19.1. The van der Waals surface area contributed by atoms with E-state index in [0.717, 1.165) is 23.1 Å². The van der Waals surface area contributed by atoms with E-state index in [9.17, 15) is 9.18 Å². The molecule has 0 unspecified atom stereocenters. The van der Waals surface area contributed by atoms with Crippen molar-refractivity contribution in [3.05, 3.63) is 41.8 Å². The Morgan fingerprint density at radius 3 is 2.87 bits per heavy atom. The van der Waals surface area contributed by atoms with Crippen molar-refractivity contribution in [2.75, 3.05) is 25.1 Å². The topological polar surface area (TPSA) is 81.1 Å². The molecule has 2 aromatic heterocycles. The first-order chi connectivity index (χ1) is 14.3. The number of rotatable bonds is 3. The van der Waals surface area contributed by atoms with Gasteiger partial charge in [-0.25, -0.2) is 9.37 Å². The van der Waals surface area contributed by atoms with E-state index in [1.807, 2.05) is 24.6 Å². The Hall–Kier alpha value is -2.84. The van der Waals surface area contributed by atoms with Gasteiger partial charge in [0.2, 0.25) is 5.91 Å². The number of amides is 1. The third kappa shape index (κ3) is 2.90. The number of carbonyl (C=O) groups excluding carboxylic acids is 1. The van der Waals surface area contributed by atoms with Gasteiger partial charge in [-0.2, -0.15) is 5.10 Å². The van der Waals surface area contributed by atoms with E-state index in [-0.39, 0.29) is 17.3 Å². The van der Waals surface area contributed by atoms with Gasteiger partial charge in [0, 0.05) is 29.3 Å². The molecule has 1 aromatic carbocycles. The monoisotopic (exact) mass is 409 g/mol. The molecule has 0 aliphatic carbocycles. The van der Waals surface area contributed by atoms with Gasteiger partial charge in [0.1, 0.15) is 17.3 Å². The lowest BCUT2D eigenvalue weighted by Gasteiger charge is -2.34. The van der Waals surface area contributed by atoms with Crippen LogP contribution in [0.5, 0.6) is 0 Å². The highest BCUT2D eigenvalue weighted by Crippen LogP contribution is 2.43. The van der Waals surface area contributed by atoms with Gasteiger partial charge in [0.15, 0.2) is 0 Å². The lowest BCUT2D eigenvalue weighted by molar-refractivity contribution is -0.119. The van der Waals surface area contributed by atoms with E-state index in [1.165, 1.54) is 12.1 Å². The van der Waals surface area contributed by atoms with Gasteiger partial charge in [0.25, 0.3) is 0 Å². The van der Waals surface area contributed by atoms with E-state index in [2.05, 4.69) is 22.5 Å². The van der Waals surface area contributed by atoms with E-state index in [4.69, 9.17) is 9.84 Å². The molecule has 7 nitrogen and oxygen atoms in total. The maximum absolute atomic E-state index is 14.2. The van der Waals surface area contributed by atoms with Gasteiger partial charge in [0.05, 0.1) is 36.2 Å². The number of fused-ring (bicyclic) bond motifs is 2. The summed E-state index contributed by atoms with van der Waals surface area (Å²) in [6, 6.07) is 6.58. The third-order valence-electron chi connectivity index (χ3n) is 6.06. The molecule has 1 saturated heterocycles. The molecule has 30 heavy (non-hydrogen) atoms. The molecule has 5 rings (SSSR count). The fourth-order valence-corrected chi connectivity index (χ4v) is 4.44. The predicted octanol–water partition coefficient (Wildman–Crippen LogP) is 2.85. The normalized spacial score (nSPS) is 22.9. The Labute approximate surface area is 173 Å². The first-order valence-corrected chi connectivity index (χ1v) is 10.1. The highest BCUT2D eigenvalue weighted by atomic mass is 19.1. The summed E-state index contributed by atoms with van der Waals surface area (Å²) in [6.07, 6.45) is 1.67. The third-order valence-corrected chi connectivity index (χ3v) is 6.06. The summed E-state index contributed by atoms with van der Waals surface area (Å²) in [5.41, 5.74) is 2.03. The van der Waals surface area contributed by atoms with Gasteiger partial charge in [-0.1, -0.05) is 0 Å². The molecule has 2 N–H and O–H groups in total. The second-order valence-corrected chi connectivity index (χ2v) is 8.87. The van der Waals surface area contributed by atoms with Crippen molar-refractivity contribution >= 4 is 22.6 Å². The van der Waals surface area contributed by atoms with Crippen LogP contribution >= 0.6 is 0 Å². The SMILES string of the molecule is CC1(C)C(=O)Nc2nccc(-c3nn(C[C@]4(C)COCCN4)c4cc(F)ccc34)c21. The zero-order valence-electron chi connectivity index (χ0n) is 17.3. The minimum atomic E-state index is -0.736. The van der Waals surface area contributed by atoms with Crippen LogP contribution in [0.3, 0.4) is 0 Å². The summed E-state index contributed by atoms with van der Waals surface area (Å²) in [7, 11) is 0. The zero-order valence-corrected chi connectivity index (χ0v) is 17.3. The van der Waals surface area contributed by atoms with Crippen molar-refractivity contribution in [2.24, 2.45) is 0 Å². The molecule has 1 amide bonds. The molecule has 0 bridgehead atoms. The van der Waals surface area contributed by atoms with Crippen LogP contribution in [0.4, 0.5) is 10.2 Å². The summed E-state index contributed by atoms with van der Waals surface area (Å²) in [5.74, 6) is 0.148. The average Bonchev–Trinajstić information content (AvgIpc) is 3.16. The largest absolute Gasteiger partial charge is 0.378 e. The number of hydrogen-bond acceptors (Lipinski definition) is 5. The molecule has 1 atom stereocenters. The van der Waals surface area contributed by atoms with E-state index in [1.54, 1.807) is 12.3 Å². The number of morpholine rings is 1. The molecule has 0 radical (unpaired) electrons. The molecular formula is C22H24FN5O2. The van der Waals surface area contributed by atoms with Crippen molar-refractivity contribution in [3.63, 3.8) is 0 Å². The van der Waals surface area contributed by atoms with Gasteiger partial charge in [-0.05, 0) is 45.0 Å². The number of ether oxygens (including phenoxy) is 1. The molecule has 1 fully saturated rings. The van der Waals surface area contributed by atoms with Crippen LogP contribution in [-0.4, -0.2) is 46.0 Å². The number of nitrogens with zero attached hydrogens (tertiary/aromatic N) is 3. The summed E-state index contributed by atoms with van der Waals surface area (Å²) >= 11 is 0. The van der Waals surface area contributed by atoms with E-state index < -0.39 is 5.41 Å². The van der Waals surface area contributed by atoms with Gasteiger partial charge in [-0.15, -0.1) is 0 Å². The second kappa shape index (κ2) is 6.58. The van der Waals surface area contributed by atoms with Gasteiger partial charge < -0.3 is 15.4 Å². The molecule has 3 aromatic rings. The summed E-state index contributed by atoms with van der Waals surface area (Å²) < 4.78 is 21.6. The predicted molar refractivity (Wildman–Crippen MR) is 112 cm³/mol. The second-order valence-electron chi connectivity index (χ2n) is 8.87. The molecule has 4 heterocycles. The number of anilines is 1. The van der Waals surface area contributed by atoms with Crippen LogP contribution < -0.4 is 10.6 Å². The standard InChI is InChI=1S/C22H24FN5O2/c1-21(2)17-15(6-7-24-19(17)26-20(21)29)18-14-5-4-13(23)10-16(14)28(27-18)11-22(3)12-30-9-8-25-22/h4-7,10,25H,8-9,11-12H2,1-3H3,(H,24,26,29)/t22-/m1/s1. The molecule has 2 aliphatic rings. The van der Waals surface area contributed by atoms with E-state index >= 15 is 0 Å². The van der Waals surface area contributed by atoms with Crippen molar-refractivity contribution in [2.45, 2.75) is 38.3 Å². The summed E-state index contributed by atoms with van der Waals surface area (Å²) in [4.78, 5) is 16.9. The van der Waals surface area contributed by atoms with Crippen LogP contribution in [0.2, 0.25) is 0 Å². The molecule has 2 aliphatic heterocycles. The number of halogens is 1. The zero-order chi connectivity index (χ0) is 21.1. The number of aromatic nitrogens is 3. The molecule has 0 spiro atoms. The fourth-order valence-electron chi connectivity index (χ4n) is 4.44. The Balaban J connectivity index is 1.69. The average molecular weight is 409 g/mol. The highest BCUT2D eigenvalue weighted by Gasteiger charge is 2.42. The summed E-state index contributed by atoms with van der Waals surface area (Å²) in [5, 5.41) is 12.1. The highest BCUT2D eigenvalue weighted by molar-refractivity contribution is 6.08. The Kier molecular flexibility index (Phi) is 4.20. The number of benzene rings is 1.